The van der Waals surface area contributed by atoms with Crippen LogP contribution in [0.4, 0.5) is 5.69 Å². The molecule has 0 saturated carbocycles. The summed E-state index contributed by atoms with van der Waals surface area (Å²) in [5.41, 5.74) is 4.79. The van der Waals surface area contributed by atoms with Crippen molar-refractivity contribution in [2.45, 2.75) is 45.1 Å². The molecule has 0 fully saturated rings. The maximum absolute atomic E-state index is 13.0. The van der Waals surface area contributed by atoms with E-state index in [1.165, 1.54) is 0 Å². The fraction of sp³-hybridized carbons (Fsp3) is 0.321. The van der Waals surface area contributed by atoms with Crippen molar-refractivity contribution in [3.8, 4) is 0 Å². The van der Waals surface area contributed by atoms with Crippen LogP contribution in [0.5, 0.6) is 0 Å². The van der Waals surface area contributed by atoms with E-state index in [1.807, 2.05) is 67.6 Å². The van der Waals surface area contributed by atoms with E-state index in [2.05, 4.69) is 15.6 Å². The molecule has 0 spiro atoms. The second-order valence-corrected chi connectivity index (χ2v) is 9.46. The highest BCUT2D eigenvalue weighted by Crippen LogP contribution is 2.32. The zero-order valence-corrected chi connectivity index (χ0v) is 19.8. The van der Waals surface area contributed by atoms with Gasteiger partial charge in [-0.05, 0) is 68.1 Å². The number of nitrogens with zero attached hydrogens (tertiary/aromatic N) is 1. The van der Waals surface area contributed by atoms with Crippen molar-refractivity contribution in [3.63, 3.8) is 0 Å². The van der Waals surface area contributed by atoms with Gasteiger partial charge in [-0.3, -0.25) is 14.6 Å². The maximum Gasteiger partial charge on any atom is 0.313 e. The monoisotopic (exact) mass is 457 g/mol. The molecule has 1 aliphatic heterocycles. The number of fused-ring (bicyclic) bond motifs is 1. The van der Waals surface area contributed by atoms with E-state index >= 15 is 0 Å². The van der Waals surface area contributed by atoms with Crippen molar-refractivity contribution in [1.82, 2.24) is 10.3 Å². The highest BCUT2D eigenvalue weighted by molar-refractivity contribution is 5.95. The van der Waals surface area contributed by atoms with E-state index in [-0.39, 0.29) is 17.9 Å². The van der Waals surface area contributed by atoms with Gasteiger partial charge < -0.3 is 15.7 Å². The SMILES string of the molecule is Cc1ccc(C(C)(C)C(=O)O)cc1CCN[C@H](c1ccccc1)[C@@H]1Cc2ncccc2NC1=O. The molecule has 1 amide bonds. The van der Waals surface area contributed by atoms with Crippen molar-refractivity contribution in [2.24, 2.45) is 5.92 Å². The molecular formula is C28H31N3O3. The summed E-state index contributed by atoms with van der Waals surface area (Å²) < 4.78 is 0. The quantitative estimate of drug-likeness (QED) is 0.465. The summed E-state index contributed by atoms with van der Waals surface area (Å²) >= 11 is 0. The topological polar surface area (TPSA) is 91.3 Å². The molecule has 4 rings (SSSR count). The summed E-state index contributed by atoms with van der Waals surface area (Å²) in [7, 11) is 0. The van der Waals surface area contributed by atoms with Gasteiger partial charge in [-0.15, -0.1) is 0 Å². The molecule has 0 aliphatic carbocycles. The minimum atomic E-state index is -0.955. The number of carboxylic acids is 1. The Bertz CT molecular complexity index is 1190. The Balaban J connectivity index is 1.54. The van der Waals surface area contributed by atoms with Crippen LogP contribution in [0.25, 0.3) is 0 Å². The van der Waals surface area contributed by atoms with E-state index in [1.54, 1.807) is 20.0 Å². The number of carbonyl (C=O) groups is 2. The molecule has 3 aromatic rings. The minimum absolute atomic E-state index is 0.0109. The number of rotatable bonds is 8. The van der Waals surface area contributed by atoms with Crippen molar-refractivity contribution in [2.75, 3.05) is 11.9 Å². The minimum Gasteiger partial charge on any atom is -0.481 e. The third kappa shape index (κ3) is 4.87. The van der Waals surface area contributed by atoms with Crippen LogP contribution in [-0.2, 0) is 27.8 Å². The zero-order valence-electron chi connectivity index (χ0n) is 19.8. The second kappa shape index (κ2) is 9.77. The molecule has 0 bridgehead atoms. The van der Waals surface area contributed by atoms with Gasteiger partial charge in [0.1, 0.15) is 0 Å². The van der Waals surface area contributed by atoms with Gasteiger partial charge >= 0.3 is 5.97 Å². The molecule has 0 radical (unpaired) electrons. The number of nitrogens with one attached hydrogen (secondary N) is 2. The van der Waals surface area contributed by atoms with Gasteiger partial charge in [-0.1, -0.05) is 48.5 Å². The lowest BCUT2D eigenvalue weighted by Gasteiger charge is -2.31. The van der Waals surface area contributed by atoms with Gasteiger partial charge in [0.05, 0.1) is 22.7 Å². The first-order valence-electron chi connectivity index (χ1n) is 11.6. The average Bonchev–Trinajstić information content (AvgIpc) is 2.83. The fourth-order valence-electron chi connectivity index (χ4n) is 4.48. The third-order valence-electron chi connectivity index (χ3n) is 6.82. The van der Waals surface area contributed by atoms with Gasteiger partial charge in [0.25, 0.3) is 0 Å². The predicted octanol–water partition coefficient (Wildman–Crippen LogP) is 4.44. The number of amides is 1. The first-order chi connectivity index (χ1) is 16.3. The first-order valence-corrected chi connectivity index (χ1v) is 11.6. The van der Waals surface area contributed by atoms with E-state index in [4.69, 9.17) is 0 Å². The molecule has 3 N–H and O–H groups in total. The van der Waals surface area contributed by atoms with Crippen LogP contribution in [-0.4, -0.2) is 28.5 Å². The smallest absolute Gasteiger partial charge is 0.313 e. The Morgan fingerprint density at radius 1 is 1.18 bits per heavy atom. The van der Waals surface area contributed by atoms with Crippen LogP contribution < -0.4 is 10.6 Å². The number of benzene rings is 2. The number of hydrogen-bond acceptors (Lipinski definition) is 4. The summed E-state index contributed by atoms with van der Waals surface area (Å²) in [5.74, 6) is -1.15. The molecule has 0 saturated heterocycles. The number of anilines is 1. The van der Waals surface area contributed by atoms with Crippen molar-refractivity contribution in [3.05, 3.63) is 94.8 Å². The number of carboxylic acid groups (broad SMARTS) is 1. The maximum atomic E-state index is 13.0. The lowest BCUT2D eigenvalue weighted by molar-refractivity contribution is -0.142. The highest BCUT2D eigenvalue weighted by Gasteiger charge is 2.34. The number of carbonyl (C=O) groups excluding carboxylic acids is 1. The largest absolute Gasteiger partial charge is 0.481 e. The summed E-state index contributed by atoms with van der Waals surface area (Å²) in [6.45, 7) is 6.14. The second-order valence-electron chi connectivity index (χ2n) is 9.46. The summed E-state index contributed by atoms with van der Waals surface area (Å²) in [6, 6.07) is 19.4. The molecule has 6 nitrogen and oxygen atoms in total. The molecule has 2 heterocycles. The lowest BCUT2D eigenvalue weighted by atomic mass is 9.83. The van der Waals surface area contributed by atoms with Crippen LogP contribution in [0.1, 0.15) is 47.8 Å². The Morgan fingerprint density at radius 2 is 1.94 bits per heavy atom. The third-order valence-corrected chi connectivity index (χ3v) is 6.82. The first kappa shape index (κ1) is 23.6. The standard InChI is InChI=1S/C28H31N3O3/c1-18-11-12-21(28(2,3)27(33)34)16-20(18)13-15-30-25(19-8-5-4-6-9-19)22-17-24-23(31-26(22)32)10-7-14-29-24/h4-12,14,16,22,25,30H,13,15,17H2,1-3H3,(H,31,32)(H,33,34)/t22-,25+/m0/s1. The summed E-state index contributed by atoms with van der Waals surface area (Å²) in [5, 5.41) is 16.2. The zero-order chi connectivity index (χ0) is 24.3. The number of pyridine rings is 1. The molecule has 2 aromatic carbocycles. The van der Waals surface area contributed by atoms with Crippen LogP contribution in [0.15, 0.2) is 66.9 Å². The van der Waals surface area contributed by atoms with E-state index < -0.39 is 11.4 Å². The molecular weight excluding hydrogens is 426 g/mol. The molecule has 1 aliphatic rings. The molecule has 2 atom stereocenters. The normalized spacial score (nSPS) is 16.4. The highest BCUT2D eigenvalue weighted by atomic mass is 16.4. The van der Waals surface area contributed by atoms with Gasteiger partial charge in [-0.2, -0.15) is 0 Å². The number of aryl methyl sites for hydroxylation is 1. The van der Waals surface area contributed by atoms with Crippen LogP contribution in [0, 0.1) is 12.8 Å². The summed E-state index contributed by atoms with van der Waals surface area (Å²) in [6.07, 6.45) is 3.05. The van der Waals surface area contributed by atoms with Crippen LogP contribution in [0.3, 0.4) is 0 Å². The Labute approximate surface area is 200 Å². The van der Waals surface area contributed by atoms with Gasteiger partial charge in [0.2, 0.25) is 5.91 Å². The van der Waals surface area contributed by atoms with Crippen molar-refractivity contribution in [1.29, 1.82) is 0 Å². The van der Waals surface area contributed by atoms with E-state index in [0.29, 0.717) is 13.0 Å². The van der Waals surface area contributed by atoms with E-state index in [9.17, 15) is 14.7 Å². The van der Waals surface area contributed by atoms with Gasteiger partial charge in [0.15, 0.2) is 0 Å². The van der Waals surface area contributed by atoms with Crippen LogP contribution >= 0.6 is 0 Å². The van der Waals surface area contributed by atoms with Gasteiger partial charge in [-0.25, -0.2) is 0 Å². The molecule has 176 valence electrons. The summed E-state index contributed by atoms with van der Waals surface area (Å²) in [4.78, 5) is 29.2. The average molecular weight is 458 g/mol. The Morgan fingerprint density at radius 3 is 2.68 bits per heavy atom. The van der Waals surface area contributed by atoms with Crippen molar-refractivity contribution >= 4 is 17.6 Å². The van der Waals surface area contributed by atoms with E-state index in [0.717, 1.165) is 40.1 Å². The van der Waals surface area contributed by atoms with Gasteiger partial charge in [0, 0.05) is 18.7 Å². The lowest BCUT2D eigenvalue weighted by Crippen LogP contribution is -2.41. The predicted molar refractivity (Wildman–Crippen MR) is 133 cm³/mol. The number of hydrogen-bond donors (Lipinski definition) is 3. The Kier molecular flexibility index (Phi) is 6.80. The fourth-order valence-corrected chi connectivity index (χ4v) is 4.48. The molecule has 34 heavy (non-hydrogen) atoms. The van der Waals surface area contributed by atoms with Crippen molar-refractivity contribution < 1.29 is 14.7 Å². The molecule has 1 aromatic heterocycles. The molecule has 6 heteroatoms. The number of aromatic nitrogens is 1. The Hall–Kier alpha value is -3.51. The number of aliphatic carboxylic acids is 1. The van der Waals surface area contributed by atoms with Crippen LogP contribution in [0.2, 0.25) is 0 Å². The molecule has 0 unspecified atom stereocenters.